The Balaban J connectivity index is 1.14. The molecule has 358 valence electrons. The lowest BCUT2D eigenvalue weighted by Gasteiger charge is -2.53. The molecule has 7 fully saturated rings. The van der Waals surface area contributed by atoms with Gasteiger partial charge in [-0.1, -0.05) is 41.5 Å². The first-order chi connectivity index (χ1) is 29.1. The fourth-order valence-corrected chi connectivity index (χ4v) is 12.8. The monoisotopic (exact) mass is 885 g/mol. The Morgan fingerprint density at radius 2 is 1.40 bits per heavy atom. The molecule has 0 unspecified atom stereocenters. The van der Waals surface area contributed by atoms with Crippen LogP contribution in [-0.4, -0.2) is 145 Å². The van der Waals surface area contributed by atoms with Gasteiger partial charge in [-0.2, -0.15) is 0 Å². The Morgan fingerprint density at radius 3 is 2.05 bits per heavy atom. The highest BCUT2D eigenvalue weighted by Crippen LogP contribution is 2.57. The SMILES string of the molecule is CO[C@H]1[C@H](C)[C@@H](C[C@@H]2C[C@H](OC)[C@@H](C)[C@]3(O2)O[C@@](C)([C@@H]2CC[C@H]([C@@H]4CC[C@H]([C@H]5O[C@@](C)(O)[C@H](C)C[C@@H]5C)O4)O2)[C@@H](O[C@@H]2CC[C@@H](OC)[C@H](C)O2)[C@@H]3C)O[C@@](O)([C@@H](C)C(=O)O)[C@@H]1C. The molecule has 7 aliphatic rings. The highest BCUT2D eigenvalue weighted by Gasteiger charge is 2.69. The molecule has 7 rings (SSSR count). The number of carbonyl (C=O) groups is 1. The number of rotatable bonds is 12. The molecule has 7 aliphatic heterocycles. The summed E-state index contributed by atoms with van der Waals surface area (Å²) in [6.45, 7) is 19.6. The minimum Gasteiger partial charge on any atom is -0.481 e. The molecule has 62 heavy (non-hydrogen) atoms. The van der Waals surface area contributed by atoms with Gasteiger partial charge in [-0.15, -0.1) is 0 Å². The van der Waals surface area contributed by atoms with Crippen LogP contribution in [0.3, 0.4) is 0 Å². The number of ether oxygens (including phenoxy) is 11. The maximum Gasteiger partial charge on any atom is 0.311 e. The van der Waals surface area contributed by atoms with Crippen molar-refractivity contribution in [2.75, 3.05) is 21.3 Å². The Kier molecular flexibility index (Phi) is 14.6. The summed E-state index contributed by atoms with van der Waals surface area (Å²) in [5, 5.41) is 32.9. The van der Waals surface area contributed by atoms with Crippen molar-refractivity contribution in [1.82, 2.24) is 0 Å². The predicted octanol–water partition coefficient (Wildman–Crippen LogP) is 5.82. The largest absolute Gasteiger partial charge is 0.481 e. The zero-order chi connectivity index (χ0) is 45.3. The van der Waals surface area contributed by atoms with E-state index in [0.29, 0.717) is 19.3 Å². The summed E-state index contributed by atoms with van der Waals surface area (Å²) in [5.74, 6) is -7.74. The minimum atomic E-state index is -1.96. The van der Waals surface area contributed by atoms with Crippen LogP contribution in [-0.2, 0) is 56.9 Å². The molecule has 0 saturated carbocycles. The van der Waals surface area contributed by atoms with Crippen molar-refractivity contribution < 1.29 is 72.2 Å². The number of hydrogen-bond donors (Lipinski definition) is 3. The number of hydrogen-bond acceptors (Lipinski definition) is 14. The van der Waals surface area contributed by atoms with E-state index >= 15 is 0 Å². The van der Waals surface area contributed by atoms with Crippen molar-refractivity contribution in [3.05, 3.63) is 0 Å². The average molecular weight is 885 g/mol. The normalized spacial score (nSPS) is 54.2. The Bertz CT molecular complexity index is 1530. The van der Waals surface area contributed by atoms with Crippen molar-refractivity contribution in [3.8, 4) is 0 Å². The quantitative estimate of drug-likeness (QED) is 0.213. The molecule has 0 radical (unpaired) electrons. The van der Waals surface area contributed by atoms with E-state index in [1.807, 2.05) is 20.8 Å². The summed E-state index contributed by atoms with van der Waals surface area (Å²) in [5.41, 5.74) is -0.983. The van der Waals surface area contributed by atoms with Crippen molar-refractivity contribution >= 4 is 5.97 Å². The van der Waals surface area contributed by atoms with Gasteiger partial charge < -0.3 is 67.4 Å². The number of aliphatic hydroxyl groups is 2. The summed E-state index contributed by atoms with van der Waals surface area (Å²) in [4.78, 5) is 12.3. The molecule has 7 saturated heterocycles. The Labute approximate surface area is 369 Å². The summed E-state index contributed by atoms with van der Waals surface area (Å²) >= 11 is 0. The maximum absolute atomic E-state index is 12.3. The minimum absolute atomic E-state index is 0.0262. The zero-order valence-electron chi connectivity index (χ0n) is 39.7. The van der Waals surface area contributed by atoms with Crippen LogP contribution in [0.5, 0.6) is 0 Å². The molecule has 3 N–H and O–H groups in total. The first kappa shape index (κ1) is 48.9. The van der Waals surface area contributed by atoms with Crippen LogP contribution in [0.2, 0.25) is 0 Å². The maximum atomic E-state index is 12.3. The van der Waals surface area contributed by atoms with Crippen LogP contribution >= 0.6 is 0 Å². The van der Waals surface area contributed by atoms with Gasteiger partial charge in [-0.3, -0.25) is 4.79 Å². The van der Waals surface area contributed by atoms with E-state index in [1.165, 1.54) is 6.92 Å². The van der Waals surface area contributed by atoms with Crippen LogP contribution in [0.4, 0.5) is 0 Å². The molecule has 1 spiro atoms. The first-order valence-corrected chi connectivity index (χ1v) is 23.7. The fourth-order valence-electron chi connectivity index (χ4n) is 12.8. The lowest BCUT2D eigenvalue weighted by Crippen LogP contribution is -2.63. The van der Waals surface area contributed by atoms with Gasteiger partial charge in [-0.25, -0.2) is 0 Å². The molecule has 24 atom stereocenters. The van der Waals surface area contributed by atoms with Crippen LogP contribution < -0.4 is 0 Å². The summed E-state index contributed by atoms with van der Waals surface area (Å²) in [6.07, 6.45) is 2.41. The van der Waals surface area contributed by atoms with Gasteiger partial charge in [0.2, 0.25) is 0 Å². The fraction of sp³-hybridized carbons (Fsp3) is 0.979. The molecule has 0 amide bonds. The third kappa shape index (κ3) is 8.69. The van der Waals surface area contributed by atoms with Crippen molar-refractivity contribution in [3.63, 3.8) is 0 Å². The van der Waals surface area contributed by atoms with E-state index in [4.69, 9.17) is 52.1 Å². The van der Waals surface area contributed by atoms with Gasteiger partial charge in [0.15, 0.2) is 23.7 Å². The molecular formula is C47H80O15. The Morgan fingerprint density at radius 1 is 0.742 bits per heavy atom. The summed E-state index contributed by atoms with van der Waals surface area (Å²) in [7, 11) is 5.01. The van der Waals surface area contributed by atoms with Gasteiger partial charge in [0.05, 0.1) is 73.2 Å². The van der Waals surface area contributed by atoms with Crippen LogP contribution in [0, 0.1) is 41.4 Å². The topological polar surface area (TPSA) is 179 Å². The third-order valence-corrected chi connectivity index (χ3v) is 17.0. The van der Waals surface area contributed by atoms with Crippen LogP contribution in [0.25, 0.3) is 0 Å². The van der Waals surface area contributed by atoms with E-state index in [9.17, 15) is 20.1 Å². The van der Waals surface area contributed by atoms with Gasteiger partial charge in [0.25, 0.3) is 0 Å². The number of aliphatic carboxylic acids is 1. The number of carboxylic acid groups (broad SMARTS) is 1. The van der Waals surface area contributed by atoms with E-state index in [0.717, 1.165) is 38.5 Å². The van der Waals surface area contributed by atoms with Crippen LogP contribution in [0.15, 0.2) is 0 Å². The molecule has 0 aromatic carbocycles. The van der Waals surface area contributed by atoms with Crippen LogP contribution in [0.1, 0.15) is 127 Å². The highest BCUT2D eigenvalue weighted by molar-refractivity contribution is 5.70. The van der Waals surface area contributed by atoms with E-state index in [2.05, 4.69) is 27.7 Å². The summed E-state index contributed by atoms with van der Waals surface area (Å²) in [6, 6.07) is 0. The zero-order valence-corrected chi connectivity index (χ0v) is 39.7. The molecule has 15 nitrogen and oxygen atoms in total. The summed E-state index contributed by atoms with van der Waals surface area (Å²) < 4.78 is 72.9. The number of carboxylic acids is 1. The lowest BCUT2D eigenvalue weighted by molar-refractivity contribution is -0.364. The van der Waals surface area contributed by atoms with Gasteiger partial charge in [0, 0.05) is 70.2 Å². The molecule has 15 heteroatoms. The van der Waals surface area contributed by atoms with Gasteiger partial charge >= 0.3 is 5.97 Å². The predicted molar refractivity (Wildman–Crippen MR) is 225 cm³/mol. The molecular weight excluding hydrogens is 805 g/mol. The lowest BCUT2D eigenvalue weighted by atomic mass is 9.74. The molecule has 0 aromatic rings. The van der Waals surface area contributed by atoms with Crippen molar-refractivity contribution in [2.24, 2.45) is 41.4 Å². The molecule has 0 aromatic heterocycles. The van der Waals surface area contributed by atoms with E-state index < -0.39 is 71.5 Å². The second-order valence-corrected chi connectivity index (χ2v) is 20.8. The molecule has 0 aliphatic carbocycles. The van der Waals surface area contributed by atoms with Crippen molar-refractivity contribution in [1.29, 1.82) is 0 Å². The van der Waals surface area contributed by atoms with Gasteiger partial charge in [-0.05, 0) is 72.1 Å². The first-order valence-electron chi connectivity index (χ1n) is 23.7. The van der Waals surface area contributed by atoms with E-state index in [1.54, 1.807) is 35.2 Å². The van der Waals surface area contributed by atoms with Gasteiger partial charge in [0.1, 0.15) is 11.5 Å². The highest BCUT2D eigenvalue weighted by atomic mass is 16.8. The molecule has 7 heterocycles. The Hall–Kier alpha value is -1.05. The van der Waals surface area contributed by atoms with E-state index in [-0.39, 0.29) is 78.4 Å². The molecule has 0 bridgehead atoms. The standard InChI is InChI=1S/C47H80O15/c1-23-20-24(2)45(10,50)61-40(23)35-15-14-33(56-35)34-16-18-38(57-34)44(9)42(58-39-19-17-32(52-11)30(8)55-39)28(6)47(62-44)26(4)37(53-12)22-31(59-47)21-36-25(3)41(54-13)27(5)46(51,60-36)29(7)43(48)49/h23-42,50-51H,14-22H2,1-13H3,(H,48,49)/t23-,24+,25+,26+,27+,28-,29-,30-,31+,32+,33-,34+,35+,36+,37-,38-,39+,40-,41-,42-,44-,45+,46+,47-/m0/s1. The second kappa shape index (κ2) is 18.6. The smallest absolute Gasteiger partial charge is 0.311 e. The second-order valence-electron chi connectivity index (χ2n) is 20.8. The number of methoxy groups -OCH3 is 3. The van der Waals surface area contributed by atoms with Crippen molar-refractivity contribution in [2.45, 2.75) is 230 Å². The third-order valence-electron chi connectivity index (χ3n) is 17.0. The average Bonchev–Trinajstić information content (AvgIpc) is 3.96.